The van der Waals surface area contributed by atoms with E-state index in [0.29, 0.717) is 55.3 Å². The lowest BCUT2D eigenvalue weighted by molar-refractivity contribution is -0.157. The number of aromatic hydroxyl groups is 1. The molecule has 0 bridgehead atoms. The van der Waals surface area contributed by atoms with E-state index in [1.807, 2.05) is 0 Å². The van der Waals surface area contributed by atoms with Crippen LogP contribution in [0.1, 0.15) is 112 Å². The Labute approximate surface area is 238 Å². The third-order valence-corrected chi connectivity index (χ3v) is 10.3. The monoisotopic (exact) mass is 574 g/mol. The van der Waals surface area contributed by atoms with Crippen molar-refractivity contribution in [2.45, 2.75) is 101 Å². The summed E-state index contributed by atoms with van der Waals surface area (Å²) in [5, 5.41) is 9.37. The molecule has 1 unspecified atom stereocenters. The molecule has 1 N–H and O–H groups in total. The number of hydrogen-bond donors (Lipinski definition) is 1. The maximum absolute atomic E-state index is 14.8. The Kier molecular flexibility index (Phi) is 8.30. The van der Waals surface area contributed by atoms with Gasteiger partial charge in [-0.1, -0.05) is 18.2 Å². The highest BCUT2D eigenvalue weighted by Crippen LogP contribution is 2.46. The Morgan fingerprint density at radius 2 is 1.12 bits per heavy atom. The van der Waals surface area contributed by atoms with Crippen LogP contribution in [0.3, 0.4) is 0 Å². The molecule has 4 aliphatic rings. The average Bonchev–Trinajstić information content (AvgIpc) is 3.84. The molecule has 1 heterocycles. The van der Waals surface area contributed by atoms with Gasteiger partial charge in [-0.15, -0.1) is 0 Å². The van der Waals surface area contributed by atoms with Crippen LogP contribution in [-0.4, -0.2) is 23.8 Å². The number of esters is 1. The minimum Gasteiger partial charge on any atom is -0.505 e. The molecule has 1 saturated heterocycles. The fourth-order valence-electron chi connectivity index (χ4n) is 7.72. The first kappa shape index (κ1) is 28.5. The van der Waals surface area contributed by atoms with E-state index >= 15 is 0 Å². The molecule has 8 heteroatoms. The highest BCUT2D eigenvalue weighted by Gasteiger charge is 2.37. The predicted octanol–water partition coefficient (Wildman–Crippen LogP) is 8.37. The molecule has 0 radical (unpaired) electrons. The van der Waals surface area contributed by atoms with Gasteiger partial charge in [0.05, 0.1) is 12.5 Å². The lowest BCUT2D eigenvalue weighted by Gasteiger charge is -2.38. The molecule has 1 aliphatic heterocycles. The van der Waals surface area contributed by atoms with Gasteiger partial charge in [-0.05, 0) is 118 Å². The van der Waals surface area contributed by atoms with Crippen molar-refractivity contribution in [3.8, 4) is 5.75 Å². The van der Waals surface area contributed by atoms with Gasteiger partial charge in [0.25, 0.3) is 0 Å². The van der Waals surface area contributed by atoms with Crippen molar-refractivity contribution in [3.05, 3.63) is 64.2 Å². The summed E-state index contributed by atoms with van der Waals surface area (Å²) >= 11 is 0. The molecule has 1 atom stereocenters. The van der Waals surface area contributed by atoms with E-state index in [4.69, 9.17) is 9.47 Å². The highest BCUT2D eigenvalue weighted by molar-refractivity contribution is 5.72. The topological polar surface area (TPSA) is 59.1 Å². The van der Waals surface area contributed by atoms with Gasteiger partial charge in [0.2, 0.25) is 5.82 Å². The molecular weight excluding hydrogens is 536 g/mol. The maximum Gasteiger partial charge on any atom is 0.309 e. The SMILES string of the molecule is O=C(OC1CCC(c2ccc(O)c(F)c2F)CC1)C1CCC(C2CCC(c3ccc(C4CO4)c(F)c3F)CC2)CC1. The smallest absolute Gasteiger partial charge is 0.309 e. The van der Waals surface area contributed by atoms with Gasteiger partial charge in [-0.3, -0.25) is 4.79 Å². The molecule has 222 valence electrons. The van der Waals surface area contributed by atoms with Crippen LogP contribution in [0, 0.1) is 41.0 Å². The molecule has 2 aromatic rings. The number of benzene rings is 2. The molecular formula is C33H38F4O4. The summed E-state index contributed by atoms with van der Waals surface area (Å²) in [6, 6.07) is 6.05. The summed E-state index contributed by atoms with van der Waals surface area (Å²) in [6.07, 6.45) is 9.19. The third-order valence-electron chi connectivity index (χ3n) is 10.3. The molecule has 0 aromatic heterocycles. The molecule has 6 rings (SSSR count). The number of phenolic OH excluding ortho intramolecular Hbond substituents is 1. The van der Waals surface area contributed by atoms with Gasteiger partial charge in [0.1, 0.15) is 12.2 Å². The molecule has 4 fully saturated rings. The van der Waals surface area contributed by atoms with E-state index < -0.39 is 29.0 Å². The van der Waals surface area contributed by atoms with E-state index in [0.717, 1.165) is 51.4 Å². The number of phenols is 1. The molecule has 0 spiro atoms. The average molecular weight is 575 g/mol. The number of ether oxygens (including phenoxy) is 2. The van der Waals surface area contributed by atoms with Crippen LogP contribution < -0.4 is 0 Å². The number of halogens is 4. The van der Waals surface area contributed by atoms with Crippen molar-refractivity contribution >= 4 is 5.97 Å². The van der Waals surface area contributed by atoms with Crippen molar-refractivity contribution in [3.63, 3.8) is 0 Å². The zero-order valence-corrected chi connectivity index (χ0v) is 23.2. The minimum atomic E-state index is -1.21. The molecule has 41 heavy (non-hydrogen) atoms. The van der Waals surface area contributed by atoms with Gasteiger partial charge >= 0.3 is 5.97 Å². The first-order valence-electron chi connectivity index (χ1n) is 15.3. The summed E-state index contributed by atoms with van der Waals surface area (Å²) in [4.78, 5) is 12.9. The Morgan fingerprint density at radius 1 is 0.659 bits per heavy atom. The lowest BCUT2D eigenvalue weighted by Crippen LogP contribution is -2.32. The van der Waals surface area contributed by atoms with E-state index in [2.05, 4.69) is 0 Å². The third kappa shape index (κ3) is 5.99. The molecule has 3 saturated carbocycles. The quantitative estimate of drug-likeness (QED) is 0.214. The fourth-order valence-corrected chi connectivity index (χ4v) is 7.72. The second-order valence-electron chi connectivity index (χ2n) is 12.6. The zero-order chi connectivity index (χ0) is 28.7. The summed E-state index contributed by atoms with van der Waals surface area (Å²) < 4.78 is 68.4. The fraction of sp³-hybridized carbons (Fsp3) is 0.606. The van der Waals surface area contributed by atoms with Crippen molar-refractivity contribution in [2.75, 3.05) is 6.61 Å². The van der Waals surface area contributed by atoms with Crippen molar-refractivity contribution < 1.29 is 36.9 Å². The summed E-state index contributed by atoms with van der Waals surface area (Å²) in [5.74, 6) is -3.62. The van der Waals surface area contributed by atoms with E-state index in [1.54, 1.807) is 12.1 Å². The minimum absolute atomic E-state index is 0.0425. The molecule has 2 aromatic carbocycles. The Hall–Kier alpha value is -2.61. The second-order valence-corrected chi connectivity index (χ2v) is 12.6. The van der Waals surface area contributed by atoms with E-state index in [9.17, 15) is 27.5 Å². The van der Waals surface area contributed by atoms with Crippen molar-refractivity contribution in [1.82, 2.24) is 0 Å². The Morgan fingerprint density at radius 3 is 1.71 bits per heavy atom. The van der Waals surface area contributed by atoms with Crippen LogP contribution in [0.15, 0.2) is 24.3 Å². The van der Waals surface area contributed by atoms with Crippen LogP contribution in [0.2, 0.25) is 0 Å². The Bertz CT molecular complexity index is 1250. The number of carbonyl (C=O) groups excluding carboxylic acids is 1. The summed E-state index contributed by atoms with van der Waals surface area (Å²) in [7, 11) is 0. The number of rotatable bonds is 6. The molecule has 0 amide bonds. The lowest BCUT2D eigenvalue weighted by atomic mass is 9.68. The second kappa shape index (κ2) is 11.9. The van der Waals surface area contributed by atoms with E-state index in [-0.39, 0.29) is 41.5 Å². The van der Waals surface area contributed by atoms with E-state index in [1.165, 1.54) is 12.1 Å². The van der Waals surface area contributed by atoms with Gasteiger partial charge in [-0.25, -0.2) is 13.2 Å². The zero-order valence-electron chi connectivity index (χ0n) is 23.2. The summed E-state index contributed by atoms with van der Waals surface area (Å²) in [5.41, 5.74) is 1.09. The summed E-state index contributed by atoms with van der Waals surface area (Å²) in [6.45, 7) is 0.454. The first-order chi connectivity index (χ1) is 19.8. The van der Waals surface area contributed by atoms with Gasteiger partial charge in [0.15, 0.2) is 23.2 Å². The number of hydrogen-bond acceptors (Lipinski definition) is 4. The van der Waals surface area contributed by atoms with Crippen LogP contribution in [0.25, 0.3) is 0 Å². The standard InChI is InChI=1S/C33H38F4O4/c34-29-24(13-14-26(31(29)36)28-17-40-28)20-5-1-18(2-6-20)19-3-7-22(8-4-19)33(39)41-23-11-9-21(10-12-23)25-15-16-27(38)32(37)30(25)35/h13-16,18-23,28,38H,1-12,17H2. The van der Waals surface area contributed by atoms with Gasteiger partial charge in [0, 0.05) is 5.56 Å². The normalized spacial score (nSPS) is 32.0. The largest absolute Gasteiger partial charge is 0.505 e. The van der Waals surface area contributed by atoms with Gasteiger partial charge in [-0.2, -0.15) is 4.39 Å². The molecule has 3 aliphatic carbocycles. The van der Waals surface area contributed by atoms with Crippen LogP contribution >= 0.6 is 0 Å². The van der Waals surface area contributed by atoms with Crippen LogP contribution in [0.4, 0.5) is 17.6 Å². The van der Waals surface area contributed by atoms with Crippen molar-refractivity contribution in [1.29, 1.82) is 0 Å². The predicted molar refractivity (Wildman–Crippen MR) is 144 cm³/mol. The first-order valence-corrected chi connectivity index (χ1v) is 15.3. The highest BCUT2D eigenvalue weighted by atomic mass is 19.2. The molecule has 4 nitrogen and oxygen atoms in total. The maximum atomic E-state index is 14.8. The Balaban J connectivity index is 0.936. The number of epoxide rings is 1. The van der Waals surface area contributed by atoms with Gasteiger partial charge < -0.3 is 14.6 Å². The van der Waals surface area contributed by atoms with Crippen LogP contribution in [0.5, 0.6) is 5.75 Å². The van der Waals surface area contributed by atoms with Crippen LogP contribution in [-0.2, 0) is 14.3 Å². The number of carbonyl (C=O) groups is 1. The van der Waals surface area contributed by atoms with Crippen molar-refractivity contribution in [2.24, 2.45) is 17.8 Å².